The minimum absolute atomic E-state index is 1.12. The molecule has 2 aromatic heterocycles. The molecular weight excluding hydrogens is 773 g/mol. The maximum absolute atomic E-state index is 2.47. The first kappa shape index (κ1) is 37.3. The lowest BCUT2D eigenvalue weighted by atomic mass is 9.93. The molecule has 0 fully saturated rings. The fourth-order valence-electron chi connectivity index (χ4n) is 9.57. The molecule has 0 atom stereocenters. The number of rotatable bonds is 8. The third kappa shape index (κ3) is 6.70. The molecule has 12 aromatic rings. The summed E-state index contributed by atoms with van der Waals surface area (Å²) < 4.78 is 4.83. The molecule has 12 rings (SSSR count). The molecule has 300 valence electrons. The normalized spacial score (nSPS) is 11.4. The molecule has 0 aliphatic rings. The van der Waals surface area contributed by atoms with Crippen molar-refractivity contribution in [2.75, 3.05) is 0 Å². The number of aromatic nitrogens is 2. The van der Waals surface area contributed by atoms with E-state index in [9.17, 15) is 0 Å². The van der Waals surface area contributed by atoms with E-state index >= 15 is 0 Å². The smallest absolute Gasteiger partial charge is 0.0635 e. The Balaban J connectivity index is 1.08. The molecular formula is C62H42N2. The highest BCUT2D eigenvalue weighted by Crippen LogP contribution is 2.42. The Kier molecular flexibility index (Phi) is 9.20. The van der Waals surface area contributed by atoms with E-state index in [0.717, 1.165) is 16.9 Å². The molecule has 0 amide bonds. The van der Waals surface area contributed by atoms with Crippen LogP contribution in [0.4, 0.5) is 0 Å². The van der Waals surface area contributed by atoms with Gasteiger partial charge >= 0.3 is 0 Å². The van der Waals surface area contributed by atoms with Crippen LogP contribution in [-0.4, -0.2) is 9.13 Å². The molecule has 0 aliphatic carbocycles. The van der Waals surface area contributed by atoms with E-state index in [1.54, 1.807) is 0 Å². The lowest BCUT2D eigenvalue weighted by Gasteiger charge is -2.14. The second-order valence-electron chi connectivity index (χ2n) is 16.6. The Hall–Kier alpha value is -8.46. The molecule has 64 heavy (non-hydrogen) atoms. The molecule has 2 heteroatoms. The fraction of sp³-hybridized carbons (Fsp3) is 0. The quantitative estimate of drug-likeness (QED) is 0.145. The molecule has 0 saturated heterocycles. The van der Waals surface area contributed by atoms with Gasteiger partial charge in [0, 0.05) is 33.7 Å². The number of hydrogen-bond acceptors (Lipinski definition) is 0. The zero-order valence-corrected chi connectivity index (χ0v) is 35.1. The van der Waals surface area contributed by atoms with Crippen LogP contribution >= 0.6 is 0 Å². The topological polar surface area (TPSA) is 9.86 Å². The van der Waals surface area contributed by atoms with Gasteiger partial charge in [-0.05, 0) is 140 Å². The van der Waals surface area contributed by atoms with Crippen LogP contribution in [0, 0.1) is 0 Å². The van der Waals surface area contributed by atoms with Crippen molar-refractivity contribution in [2.45, 2.75) is 0 Å². The molecule has 0 radical (unpaired) electrons. The van der Waals surface area contributed by atoms with Crippen LogP contribution < -0.4 is 0 Å². The predicted octanol–water partition coefficient (Wildman–Crippen LogP) is 16.7. The van der Waals surface area contributed by atoms with E-state index in [1.807, 2.05) is 0 Å². The van der Waals surface area contributed by atoms with Gasteiger partial charge in [0.05, 0.1) is 16.6 Å². The van der Waals surface area contributed by atoms with Crippen molar-refractivity contribution in [3.05, 3.63) is 255 Å². The minimum Gasteiger partial charge on any atom is -0.316 e. The summed E-state index contributed by atoms with van der Waals surface area (Å²) in [7, 11) is 0. The Morgan fingerprint density at radius 1 is 0.219 bits per heavy atom. The third-order valence-electron chi connectivity index (χ3n) is 12.7. The van der Waals surface area contributed by atoms with Crippen LogP contribution in [0.5, 0.6) is 0 Å². The fourth-order valence-corrected chi connectivity index (χ4v) is 9.57. The zero-order chi connectivity index (χ0) is 42.4. The number of benzene rings is 10. The van der Waals surface area contributed by atoms with Crippen LogP contribution in [0.15, 0.2) is 255 Å². The van der Waals surface area contributed by atoms with E-state index in [4.69, 9.17) is 0 Å². The molecule has 0 bridgehead atoms. The average Bonchev–Trinajstić information content (AvgIpc) is 3.97. The van der Waals surface area contributed by atoms with Crippen LogP contribution in [-0.2, 0) is 0 Å². The second-order valence-corrected chi connectivity index (χ2v) is 16.6. The van der Waals surface area contributed by atoms with Gasteiger partial charge in [0.25, 0.3) is 0 Å². The van der Waals surface area contributed by atoms with Gasteiger partial charge in [0.15, 0.2) is 0 Å². The highest BCUT2D eigenvalue weighted by atomic mass is 15.0. The van der Waals surface area contributed by atoms with Gasteiger partial charge in [0.2, 0.25) is 0 Å². The lowest BCUT2D eigenvalue weighted by Crippen LogP contribution is -1.96. The SMILES string of the molecule is c1ccc(-c2ccc(-n3c4ccc(-c5cc(-c6ccccc6)cc(-c6ccccc6)c5)cc4c4ccc5c(ccn5-c5cc(-c6ccccc6)cc(-c6ccccc6)c5)c43)cc2)cc1. The van der Waals surface area contributed by atoms with Crippen molar-refractivity contribution in [1.29, 1.82) is 0 Å². The van der Waals surface area contributed by atoms with Crippen LogP contribution in [0.2, 0.25) is 0 Å². The average molecular weight is 815 g/mol. The van der Waals surface area contributed by atoms with Gasteiger partial charge in [-0.3, -0.25) is 0 Å². The minimum atomic E-state index is 1.12. The Morgan fingerprint density at radius 3 is 1.09 bits per heavy atom. The van der Waals surface area contributed by atoms with Gasteiger partial charge in [-0.1, -0.05) is 176 Å². The summed E-state index contributed by atoms with van der Waals surface area (Å²) in [6.45, 7) is 0. The van der Waals surface area contributed by atoms with Gasteiger partial charge in [-0.25, -0.2) is 0 Å². The summed E-state index contributed by atoms with van der Waals surface area (Å²) in [5.41, 5.74) is 20.1. The number of fused-ring (bicyclic) bond motifs is 5. The van der Waals surface area contributed by atoms with Crippen molar-refractivity contribution in [3.63, 3.8) is 0 Å². The van der Waals surface area contributed by atoms with Crippen molar-refractivity contribution in [1.82, 2.24) is 9.13 Å². The summed E-state index contributed by atoms with van der Waals surface area (Å²) >= 11 is 0. The predicted molar refractivity (Wildman–Crippen MR) is 270 cm³/mol. The highest BCUT2D eigenvalue weighted by Gasteiger charge is 2.19. The summed E-state index contributed by atoms with van der Waals surface area (Å²) in [5, 5.41) is 3.64. The van der Waals surface area contributed by atoms with Crippen molar-refractivity contribution in [2.24, 2.45) is 0 Å². The van der Waals surface area contributed by atoms with Crippen LogP contribution in [0.3, 0.4) is 0 Å². The number of hydrogen-bond donors (Lipinski definition) is 0. The first-order chi connectivity index (χ1) is 31.7. The molecule has 10 aromatic carbocycles. The standard InChI is InChI=1S/C62H42N2/c1-6-16-43(17-7-1)48-26-29-55(30-27-48)64-61-32-28-49(52-37-50(44-18-8-2-9-19-44)36-51(38-52)45-20-10-3-11-21-45)42-59(61)57-31-33-60-58(62(57)64)34-35-63(60)56-40-53(46-22-12-4-13-23-46)39-54(41-56)47-24-14-5-15-25-47/h1-42H. The largest absolute Gasteiger partial charge is 0.316 e. The third-order valence-corrected chi connectivity index (χ3v) is 12.7. The Bertz CT molecular complexity index is 3490. The first-order valence-electron chi connectivity index (χ1n) is 22.0. The summed E-state index contributed by atoms with van der Waals surface area (Å²) in [6, 6.07) is 90.5. The Morgan fingerprint density at radius 2 is 0.609 bits per heavy atom. The van der Waals surface area contributed by atoms with E-state index in [0.29, 0.717) is 0 Å². The van der Waals surface area contributed by atoms with Gasteiger partial charge in [-0.15, -0.1) is 0 Å². The van der Waals surface area contributed by atoms with Crippen LogP contribution in [0.1, 0.15) is 0 Å². The maximum Gasteiger partial charge on any atom is 0.0635 e. The molecule has 0 spiro atoms. The Labute approximate surface area is 373 Å². The van der Waals surface area contributed by atoms with E-state index in [2.05, 4.69) is 264 Å². The second kappa shape index (κ2) is 15.8. The molecule has 2 nitrogen and oxygen atoms in total. The van der Waals surface area contributed by atoms with Gasteiger partial charge < -0.3 is 9.13 Å². The maximum atomic E-state index is 2.47. The van der Waals surface area contributed by atoms with Crippen molar-refractivity contribution >= 4 is 32.7 Å². The van der Waals surface area contributed by atoms with Crippen LogP contribution in [0.25, 0.3) is 111 Å². The first-order valence-corrected chi connectivity index (χ1v) is 22.0. The molecule has 0 aliphatic heterocycles. The van der Waals surface area contributed by atoms with Gasteiger partial charge in [0.1, 0.15) is 0 Å². The van der Waals surface area contributed by atoms with Crippen molar-refractivity contribution < 1.29 is 0 Å². The molecule has 0 saturated carbocycles. The van der Waals surface area contributed by atoms with E-state index < -0.39 is 0 Å². The molecule has 0 N–H and O–H groups in total. The molecule has 2 heterocycles. The summed E-state index contributed by atoms with van der Waals surface area (Å²) in [4.78, 5) is 0. The summed E-state index contributed by atoms with van der Waals surface area (Å²) in [5.74, 6) is 0. The number of nitrogens with zero attached hydrogens (tertiary/aromatic N) is 2. The summed E-state index contributed by atoms with van der Waals surface area (Å²) in [6.07, 6.45) is 2.25. The van der Waals surface area contributed by atoms with Gasteiger partial charge in [-0.2, -0.15) is 0 Å². The van der Waals surface area contributed by atoms with Crippen molar-refractivity contribution in [3.8, 4) is 78.1 Å². The lowest BCUT2D eigenvalue weighted by molar-refractivity contribution is 1.13. The highest BCUT2D eigenvalue weighted by molar-refractivity contribution is 6.19. The van der Waals surface area contributed by atoms with E-state index in [-0.39, 0.29) is 0 Å². The monoisotopic (exact) mass is 814 g/mol. The van der Waals surface area contributed by atoms with E-state index in [1.165, 1.54) is 94.0 Å². The zero-order valence-electron chi connectivity index (χ0n) is 35.1. The molecule has 0 unspecified atom stereocenters.